The van der Waals surface area contributed by atoms with E-state index >= 15 is 0 Å². The zero-order chi connectivity index (χ0) is 23.9. The molecular weight excluding hydrogens is 436 g/mol. The van der Waals surface area contributed by atoms with Crippen molar-refractivity contribution in [3.8, 4) is 0 Å². The molecule has 1 aliphatic carbocycles. The van der Waals surface area contributed by atoms with E-state index in [2.05, 4.69) is 64.1 Å². The quantitative estimate of drug-likeness (QED) is 0.666. The number of nitrogens with zero attached hydrogens (tertiary/aromatic N) is 6. The minimum atomic E-state index is 0.305. The van der Waals surface area contributed by atoms with Crippen LogP contribution >= 0.6 is 0 Å². The fraction of sp³-hybridized carbons (Fsp3) is 0.607. The van der Waals surface area contributed by atoms with Crippen molar-refractivity contribution in [2.45, 2.75) is 45.6 Å². The highest BCUT2D eigenvalue weighted by Gasteiger charge is 2.35. The maximum Gasteiger partial charge on any atom is 0.225 e. The Morgan fingerprint density at radius 3 is 2.46 bits per heavy atom. The Morgan fingerprint density at radius 1 is 1.03 bits per heavy atom. The second-order valence-electron chi connectivity index (χ2n) is 11.1. The van der Waals surface area contributed by atoms with Crippen LogP contribution in [-0.2, 0) is 4.79 Å². The van der Waals surface area contributed by atoms with Gasteiger partial charge >= 0.3 is 0 Å². The van der Waals surface area contributed by atoms with E-state index in [-0.39, 0.29) is 0 Å². The number of allylic oxidation sites excluding steroid dienone is 1. The average molecular weight is 475 g/mol. The smallest absolute Gasteiger partial charge is 0.225 e. The van der Waals surface area contributed by atoms with Gasteiger partial charge in [0.25, 0.3) is 0 Å². The molecule has 5 heterocycles. The molecule has 1 amide bonds. The van der Waals surface area contributed by atoms with Crippen LogP contribution in [0, 0.1) is 17.8 Å². The molecule has 2 aromatic heterocycles. The Labute approximate surface area is 208 Å². The van der Waals surface area contributed by atoms with Crippen LogP contribution in [-0.4, -0.2) is 82.9 Å². The molecule has 0 N–H and O–H groups in total. The van der Waals surface area contributed by atoms with Crippen LogP contribution in [0.4, 0.5) is 5.69 Å². The molecule has 3 fully saturated rings. The molecule has 3 aliphatic heterocycles. The summed E-state index contributed by atoms with van der Waals surface area (Å²) >= 11 is 0. The van der Waals surface area contributed by atoms with Crippen LogP contribution < -0.4 is 4.90 Å². The first-order chi connectivity index (χ1) is 17.1. The lowest BCUT2D eigenvalue weighted by atomic mass is 9.82. The minimum Gasteiger partial charge on any atom is -0.366 e. The number of piperidine rings is 1. The third-order valence-electron chi connectivity index (χ3n) is 8.52. The van der Waals surface area contributed by atoms with Crippen molar-refractivity contribution in [2.75, 3.05) is 50.7 Å². The SMILES string of the molecule is CC(C)N1CCC(C2C=CC(c3cc4c(N5CCN(C(=O)C6CC6)CC5)ccnn4c3)=NC2)CC1. The number of rotatable bonds is 5. The fourth-order valence-corrected chi connectivity index (χ4v) is 6.05. The number of dihydropyridines is 1. The first kappa shape index (κ1) is 22.8. The first-order valence-electron chi connectivity index (χ1n) is 13.5. The summed E-state index contributed by atoms with van der Waals surface area (Å²) in [5.41, 5.74) is 4.51. The van der Waals surface area contributed by atoms with Gasteiger partial charge in [0, 0.05) is 62.6 Å². The summed E-state index contributed by atoms with van der Waals surface area (Å²) in [6.45, 7) is 11.3. The third-order valence-corrected chi connectivity index (χ3v) is 8.52. The van der Waals surface area contributed by atoms with Crippen LogP contribution in [0.15, 0.2) is 41.7 Å². The Hall–Kier alpha value is -2.67. The van der Waals surface area contributed by atoms with Crippen molar-refractivity contribution >= 4 is 22.8 Å². The van der Waals surface area contributed by atoms with Crippen molar-refractivity contribution in [1.29, 1.82) is 0 Å². The van der Waals surface area contributed by atoms with Crippen LogP contribution in [0.3, 0.4) is 0 Å². The predicted molar refractivity (Wildman–Crippen MR) is 140 cm³/mol. The first-order valence-corrected chi connectivity index (χ1v) is 13.5. The van der Waals surface area contributed by atoms with Crippen molar-refractivity contribution in [3.05, 3.63) is 42.2 Å². The highest BCUT2D eigenvalue weighted by atomic mass is 16.2. The van der Waals surface area contributed by atoms with Gasteiger partial charge in [-0.05, 0) is 82.7 Å². The standard InChI is InChI=1S/C28H38N6O/c1-20(2)31-11-8-21(9-12-31)23-5-6-25(29-18-23)24-17-27-26(7-10-30-34(27)19-24)32-13-15-33(16-14-32)28(35)22-3-4-22/h5-7,10,17,19-23H,3-4,8-9,11-16,18H2,1-2H3. The largest absolute Gasteiger partial charge is 0.366 e. The number of aliphatic imine (C=N–C) groups is 1. The summed E-state index contributed by atoms with van der Waals surface area (Å²) in [6, 6.07) is 4.99. The number of piperazine rings is 1. The minimum absolute atomic E-state index is 0.305. The molecular formula is C28H38N6O. The molecule has 35 heavy (non-hydrogen) atoms. The van der Waals surface area contributed by atoms with Gasteiger partial charge in [-0.15, -0.1) is 0 Å². The number of likely N-dealkylation sites (tertiary alicyclic amines) is 1. The molecule has 1 atom stereocenters. The second-order valence-corrected chi connectivity index (χ2v) is 11.1. The van der Waals surface area contributed by atoms with Crippen LogP contribution in [0.5, 0.6) is 0 Å². The van der Waals surface area contributed by atoms with Gasteiger partial charge in [0.1, 0.15) is 0 Å². The van der Waals surface area contributed by atoms with E-state index in [9.17, 15) is 4.79 Å². The molecule has 2 saturated heterocycles. The van der Waals surface area contributed by atoms with E-state index in [1.165, 1.54) is 31.6 Å². The Balaban J connectivity index is 1.12. The van der Waals surface area contributed by atoms with Crippen molar-refractivity contribution in [2.24, 2.45) is 22.7 Å². The maximum atomic E-state index is 12.4. The average Bonchev–Trinajstić information content (AvgIpc) is 3.66. The summed E-state index contributed by atoms with van der Waals surface area (Å²) in [6.07, 6.45) is 13.3. The molecule has 1 unspecified atom stereocenters. The number of aromatic nitrogens is 2. The molecule has 6 rings (SSSR count). The summed E-state index contributed by atoms with van der Waals surface area (Å²) in [5, 5.41) is 4.58. The number of amides is 1. The van der Waals surface area contributed by atoms with Crippen molar-refractivity contribution in [1.82, 2.24) is 19.4 Å². The molecule has 4 aliphatic rings. The molecule has 0 aromatic carbocycles. The van der Waals surface area contributed by atoms with Crippen molar-refractivity contribution in [3.63, 3.8) is 0 Å². The van der Waals surface area contributed by atoms with E-state index in [0.29, 0.717) is 23.8 Å². The number of carbonyl (C=O) groups excluding carboxylic acids is 1. The molecule has 0 radical (unpaired) electrons. The monoisotopic (exact) mass is 474 g/mol. The molecule has 7 nitrogen and oxygen atoms in total. The molecule has 2 aromatic rings. The molecule has 186 valence electrons. The van der Waals surface area contributed by atoms with Crippen molar-refractivity contribution < 1.29 is 4.79 Å². The lowest BCUT2D eigenvalue weighted by molar-refractivity contribution is -0.132. The van der Waals surface area contributed by atoms with Gasteiger partial charge in [-0.1, -0.05) is 6.08 Å². The molecule has 0 bridgehead atoms. The topological polar surface area (TPSA) is 56.5 Å². The van der Waals surface area contributed by atoms with Gasteiger partial charge in [0.05, 0.1) is 16.9 Å². The van der Waals surface area contributed by atoms with E-state index in [1.807, 2.05) is 10.7 Å². The molecule has 0 spiro atoms. The Morgan fingerprint density at radius 2 is 1.80 bits per heavy atom. The number of fused-ring (bicyclic) bond motifs is 1. The zero-order valence-corrected chi connectivity index (χ0v) is 21.1. The van der Waals surface area contributed by atoms with Gasteiger partial charge < -0.3 is 14.7 Å². The van der Waals surface area contributed by atoms with E-state index < -0.39 is 0 Å². The number of hydrogen-bond acceptors (Lipinski definition) is 5. The summed E-state index contributed by atoms with van der Waals surface area (Å²) in [7, 11) is 0. The lowest BCUT2D eigenvalue weighted by Crippen LogP contribution is -2.49. The van der Waals surface area contributed by atoms with Crippen LogP contribution in [0.1, 0.15) is 45.1 Å². The highest BCUT2D eigenvalue weighted by molar-refractivity contribution is 6.10. The number of anilines is 1. The van der Waals surface area contributed by atoms with Gasteiger partial charge in [0.2, 0.25) is 5.91 Å². The third kappa shape index (κ3) is 4.63. The van der Waals surface area contributed by atoms with E-state index in [1.54, 1.807) is 0 Å². The summed E-state index contributed by atoms with van der Waals surface area (Å²) < 4.78 is 1.98. The predicted octanol–water partition coefficient (Wildman–Crippen LogP) is 3.49. The summed E-state index contributed by atoms with van der Waals surface area (Å²) in [4.78, 5) is 24.5. The zero-order valence-electron chi connectivity index (χ0n) is 21.1. The lowest BCUT2D eigenvalue weighted by Gasteiger charge is -2.37. The maximum absolute atomic E-state index is 12.4. The fourth-order valence-electron chi connectivity index (χ4n) is 6.05. The Bertz CT molecular complexity index is 1130. The normalized spacial score (nSPS) is 24.4. The summed E-state index contributed by atoms with van der Waals surface area (Å²) in [5.74, 6) is 1.98. The van der Waals surface area contributed by atoms with Gasteiger partial charge in [0.15, 0.2) is 0 Å². The second kappa shape index (κ2) is 9.41. The van der Waals surface area contributed by atoms with E-state index in [0.717, 1.165) is 68.3 Å². The van der Waals surface area contributed by atoms with E-state index in [4.69, 9.17) is 4.99 Å². The highest BCUT2D eigenvalue weighted by Crippen LogP contribution is 2.33. The number of carbonyl (C=O) groups is 1. The van der Waals surface area contributed by atoms with Crippen LogP contribution in [0.25, 0.3) is 5.52 Å². The number of hydrogen-bond donors (Lipinski definition) is 0. The van der Waals surface area contributed by atoms with Gasteiger partial charge in [-0.25, -0.2) is 4.52 Å². The van der Waals surface area contributed by atoms with Gasteiger partial charge in [-0.3, -0.25) is 9.79 Å². The molecule has 1 saturated carbocycles. The Kier molecular flexibility index (Phi) is 6.13. The van der Waals surface area contributed by atoms with Crippen LogP contribution in [0.2, 0.25) is 0 Å². The molecule has 7 heteroatoms. The van der Waals surface area contributed by atoms with Gasteiger partial charge in [-0.2, -0.15) is 5.10 Å².